The van der Waals surface area contributed by atoms with Crippen molar-refractivity contribution in [2.75, 3.05) is 0 Å². The molecule has 19 heavy (non-hydrogen) atoms. The predicted octanol–water partition coefficient (Wildman–Crippen LogP) is 4.16. The number of nitrogens with one attached hydrogen (secondary N) is 1. The van der Waals surface area contributed by atoms with E-state index in [1.54, 1.807) is 12.1 Å². The van der Waals surface area contributed by atoms with Gasteiger partial charge in [0.05, 0.1) is 0 Å². The summed E-state index contributed by atoms with van der Waals surface area (Å²) < 4.78 is 40.6. The number of benzene rings is 2. The van der Waals surface area contributed by atoms with E-state index in [-0.39, 0.29) is 24.5 Å². The summed E-state index contributed by atoms with van der Waals surface area (Å²) in [5.41, 5.74) is 0.682. The Kier molecular flexibility index (Phi) is 4.61. The summed E-state index contributed by atoms with van der Waals surface area (Å²) in [4.78, 5) is 0. The Balaban J connectivity index is 2.00. The zero-order valence-corrected chi connectivity index (χ0v) is 11.5. The van der Waals surface area contributed by atoms with Crippen LogP contribution in [0.3, 0.4) is 0 Å². The summed E-state index contributed by atoms with van der Waals surface area (Å²) >= 11 is 3.25. The molecule has 0 aliphatic heterocycles. The van der Waals surface area contributed by atoms with Crippen LogP contribution < -0.4 is 5.32 Å². The normalized spacial score (nSPS) is 10.7. The highest BCUT2D eigenvalue weighted by Crippen LogP contribution is 2.16. The molecule has 1 nitrogen and oxygen atoms in total. The van der Waals surface area contributed by atoms with Crippen LogP contribution in [0.4, 0.5) is 13.2 Å². The Morgan fingerprint density at radius 3 is 2.42 bits per heavy atom. The monoisotopic (exact) mass is 329 g/mol. The second-order valence-corrected chi connectivity index (χ2v) is 4.97. The van der Waals surface area contributed by atoms with E-state index in [0.29, 0.717) is 5.56 Å². The highest BCUT2D eigenvalue weighted by molar-refractivity contribution is 9.10. The first-order chi connectivity index (χ1) is 9.08. The van der Waals surface area contributed by atoms with E-state index in [0.717, 1.165) is 10.5 Å². The summed E-state index contributed by atoms with van der Waals surface area (Å²) in [6, 6.07) is 8.59. The molecule has 100 valence electrons. The first-order valence-electron chi connectivity index (χ1n) is 5.65. The summed E-state index contributed by atoms with van der Waals surface area (Å²) in [6.45, 7) is 0.372. The van der Waals surface area contributed by atoms with Gasteiger partial charge in [-0.25, -0.2) is 13.2 Å². The van der Waals surface area contributed by atoms with Crippen LogP contribution in [-0.4, -0.2) is 0 Å². The van der Waals surface area contributed by atoms with Crippen LogP contribution in [0.15, 0.2) is 40.9 Å². The summed E-state index contributed by atoms with van der Waals surface area (Å²) in [5.74, 6) is -2.09. The first-order valence-corrected chi connectivity index (χ1v) is 6.45. The lowest BCUT2D eigenvalue weighted by molar-refractivity contribution is 0.491. The fourth-order valence-electron chi connectivity index (χ4n) is 1.70. The van der Waals surface area contributed by atoms with Gasteiger partial charge in [0.2, 0.25) is 0 Å². The van der Waals surface area contributed by atoms with E-state index in [1.807, 2.05) is 0 Å². The molecule has 0 saturated carbocycles. The van der Waals surface area contributed by atoms with Gasteiger partial charge in [-0.1, -0.05) is 28.1 Å². The van der Waals surface area contributed by atoms with Gasteiger partial charge in [-0.3, -0.25) is 0 Å². The van der Waals surface area contributed by atoms with E-state index >= 15 is 0 Å². The molecule has 0 aromatic heterocycles. The molecule has 0 fully saturated rings. The Bertz CT molecular complexity index is 585. The van der Waals surface area contributed by atoms with E-state index in [4.69, 9.17) is 0 Å². The van der Waals surface area contributed by atoms with E-state index < -0.39 is 11.6 Å². The molecule has 1 N–H and O–H groups in total. The maximum atomic E-state index is 13.4. The van der Waals surface area contributed by atoms with Gasteiger partial charge >= 0.3 is 0 Å². The molecule has 2 rings (SSSR count). The molecule has 0 radical (unpaired) electrons. The van der Waals surface area contributed by atoms with E-state index in [9.17, 15) is 13.2 Å². The number of hydrogen-bond acceptors (Lipinski definition) is 1. The first kappa shape index (κ1) is 14.1. The van der Waals surface area contributed by atoms with Gasteiger partial charge in [0.15, 0.2) is 11.6 Å². The van der Waals surface area contributed by atoms with Gasteiger partial charge in [0.1, 0.15) is 5.82 Å². The third-order valence-electron chi connectivity index (χ3n) is 2.67. The quantitative estimate of drug-likeness (QED) is 0.888. The Morgan fingerprint density at radius 2 is 1.63 bits per heavy atom. The van der Waals surface area contributed by atoms with Crippen molar-refractivity contribution in [3.8, 4) is 0 Å². The van der Waals surface area contributed by atoms with Gasteiger partial charge in [0, 0.05) is 28.7 Å². The third-order valence-corrected chi connectivity index (χ3v) is 3.16. The van der Waals surface area contributed by atoms with Crippen LogP contribution in [0.2, 0.25) is 0 Å². The van der Waals surface area contributed by atoms with Crippen molar-refractivity contribution in [1.82, 2.24) is 5.32 Å². The Morgan fingerprint density at radius 1 is 0.895 bits per heavy atom. The SMILES string of the molecule is Fc1ccc(Br)cc1CNCc1cccc(F)c1F. The maximum absolute atomic E-state index is 13.4. The van der Waals surface area contributed by atoms with Gasteiger partial charge < -0.3 is 5.32 Å². The molecule has 0 atom stereocenters. The molecule has 0 spiro atoms. The van der Waals surface area contributed by atoms with Crippen LogP contribution >= 0.6 is 15.9 Å². The summed E-state index contributed by atoms with van der Waals surface area (Å²) in [5, 5.41) is 2.89. The van der Waals surface area contributed by atoms with Crippen molar-refractivity contribution in [3.05, 3.63) is 69.4 Å². The van der Waals surface area contributed by atoms with Crippen molar-refractivity contribution >= 4 is 15.9 Å². The van der Waals surface area contributed by atoms with Crippen molar-refractivity contribution in [3.63, 3.8) is 0 Å². The zero-order chi connectivity index (χ0) is 13.8. The van der Waals surface area contributed by atoms with Crippen LogP contribution in [0.25, 0.3) is 0 Å². The molecule has 0 aliphatic rings. The van der Waals surface area contributed by atoms with Crippen molar-refractivity contribution in [2.45, 2.75) is 13.1 Å². The van der Waals surface area contributed by atoms with Crippen LogP contribution in [0.5, 0.6) is 0 Å². The molecule has 0 bridgehead atoms. The van der Waals surface area contributed by atoms with Gasteiger partial charge in [0.25, 0.3) is 0 Å². The second kappa shape index (κ2) is 6.21. The lowest BCUT2D eigenvalue weighted by atomic mass is 10.2. The fourth-order valence-corrected chi connectivity index (χ4v) is 2.10. The van der Waals surface area contributed by atoms with Gasteiger partial charge in [-0.15, -0.1) is 0 Å². The van der Waals surface area contributed by atoms with Crippen molar-refractivity contribution < 1.29 is 13.2 Å². The minimum absolute atomic E-state index is 0.134. The van der Waals surface area contributed by atoms with Gasteiger partial charge in [-0.2, -0.15) is 0 Å². The average Bonchev–Trinajstić information content (AvgIpc) is 2.38. The Hall–Kier alpha value is -1.33. The summed E-state index contributed by atoms with van der Waals surface area (Å²) in [7, 11) is 0. The third kappa shape index (κ3) is 3.58. The molecular weight excluding hydrogens is 319 g/mol. The average molecular weight is 330 g/mol. The standard InChI is InChI=1S/C14H11BrF3N/c15-11-4-5-12(16)10(6-11)8-19-7-9-2-1-3-13(17)14(9)18/h1-6,19H,7-8H2. The highest BCUT2D eigenvalue weighted by atomic mass is 79.9. The van der Waals surface area contributed by atoms with E-state index in [1.165, 1.54) is 18.2 Å². The van der Waals surface area contributed by atoms with E-state index in [2.05, 4.69) is 21.2 Å². The van der Waals surface area contributed by atoms with Crippen LogP contribution in [0.1, 0.15) is 11.1 Å². The van der Waals surface area contributed by atoms with Gasteiger partial charge in [-0.05, 0) is 24.3 Å². The molecule has 0 unspecified atom stereocenters. The molecule has 2 aromatic carbocycles. The molecule has 5 heteroatoms. The molecule has 0 amide bonds. The zero-order valence-electron chi connectivity index (χ0n) is 9.89. The summed E-state index contributed by atoms with van der Waals surface area (Å²) in [6.07, 6.45) is 0. The minimum atomic E-state index is -0.882. The molecule has 2 aromatic rings. The topological polar surface area (TPSA) is 12.0 Å². The minimum Gasteiger partial charge on any atom is -0.308 e. The largest absolute Gasteiger partial charge is 0.308 e. The molecule has 0 aliphatic carbocycles. The van der Waals surface area contributed by atoms with Crippen LogP contribution in [-0.2, 0) is 13.1 Å². The molecule has 0 heterocycles. The molecule has 0 saturated heterocycles. The van der Waals surface area contributed by atoms with Crippen LogP contribution in [0, 0.1) is 17.5 Å². The number of hydrogen-bond donors (Lipinski definition) is 1. The van der Waals surface area contributed by atoms with Crippen molar-refractivity contribution in [1.29, 1.82) is 0 Å². The smallest absolute Gasteiger partial charge is 0.163 e. The lowest BCUT2D eigenvalue weighted by Crippen LogP contribution is -2.15. The van der Waals surface area contributed by atoms with Crippen molar-refractivity contribution in [2.24, 2.45) is 0 Å². The molecular formula is C14H11BrF3N. The Labute approximate surface area is 117 Å². The second-order valence-electron chi connectivity index (χ2n) is 4.05. The lowest BCUT2D eigenvalue weighted by Gasteiger charge is -2.08. The maximum Gasteiger partial charge on any atom is 0.163 e. The number of rotatable bonds is 4. The highest BCUT2D eigenvalue weighted by Gasteiger charge is 2.07. The fraction of sp³-hybridized carbons (Fsp3) is 0.143. The number of halogens is 4. The predicted molar refractivity (Wildman–Crippen MR) is 71.0 cm³/mol.